The number of aliphatic hydroxyl groups excluding tert-OH is 1. The number of imide groups is 1. The van der Waals surface area contributed by atoms with Crippen LogP contribution in [-0.2, 0) is 9.59 Å². The normalized spacial score (nSPS) is 17.3. The number of hydrogen-bond donors (Lipinski definition) is 1. The summed E-state index contributed by atoms with van der Waals surface area (Å²) in [5.41, 5.74) is 0.722. The Morgan fingerprint density at radius 2 is 1.67 bits per heavy atom. The smallest absolute Gasteiger partial charge is 0.229 e. The Labute approximate surface area is 123 Å². The molecule has 4 heteroatoms. The van der Waals surface area contributed by atoms with E-state index in [-0.39, 0.29) is 18.4 Å². The largest absolute Gasteiger partial charge is 0.387 e. The van der Waals surface area contributed by atoms with Crippen LogP contribution in [0, 0.1) is 0 Å². The second-order valence-electron chi connectivity index (χ2n) is 5.37. The molecule has 1 N–H and O–H groups in total. The number of nitrogens with zero attached hydrogens (tertiary/aromatic N) is 1. The number of hydrogen-bond acceptors (Lipinski definition) is 3. The van der Waals surface area contributed by atoms with Crippen LogP contribution in [0.15, 0.2) is 42.5 Å². The van der Waals surface area contributed by atoms with Crippen molar-refractivity contribution in [3.8, 4) is 0 Å². The number of carbonyl (C=O) groups excluding carboxylic acids is 2. The first kappa shape index (κ1) is 13.8. The molecular formula is C17H17NO3. The van der Waals surface area contributed by atoms with Gasteiger partial charge in [-0.1, -0.05) is 36.4 Å². The first-order chi connectivity index (χ1) is 10.1. The van der Waals surface area contributed by atoms with Gasteiger partial charge in [0.2, 0.25) is 11.8 Å². The van der Waals surface area contributed by atoms with Crippen LogP contribution in [0.2, 0.25) is 0 Å². The summed E-state index contributed by atoms with van der Waals surface area (Å²) in [5.74, 6) is -0.378. The van der Waals surface area contributed by atoms with Crippen LogP contribution in [-0.4, -0.2) is 28.4 Å². The average molecular weight is 283 g/mol. The number of carbonyl (C=O) groups is 2. The lowest BCUT2D eigenvalue weighted by Crippen LogP contribution is -2.42. The molecule has 0 aliphatic carbocycles. The number of fused-ring (bicyclic) bond motifs is 1. The fraction of sp³-hybridized carbons (Fsp3) is 0.294. The van der Waals surface area contributed by atoms with Gasteiger partial charge in [-0.3, -0.25) is 14.5 Å². The van der Waals surface area contributed by atoms with Gasteiger partial charge in [0.25, 0.3) is 0 Å². The Hall–Kier alpha value is -2.20. The molecule has 2 amide bonds. The lowest BCUT2D eigenvalue weighted by Gasteiger charge is -2.27. The third-order valence-electron chi connectivity index (χ3n) is 3.90. The molecule has 0 aromatic heterocycles. The van der Waals surface area contributed by atoms with E-state index in [1.165, 1.54) is 4.90 Å². The van der Waals surface area contributed by atoms with E-state index in [0.717, 1.165) is 16.3 Å². The molecule has 0 saturated carbocycles. The van der Waals surface area contributed by atoms with Crippen LogP contribution < -0.4 is 0 Å². The van der Waals surface area contributed by atoms with Crippen LogP contribution in [0.3, 0.4) is 0 Å². The molecule has 3 rings (SSSR count). The zero-order valence-electron chi connectivity index (χ0n) is 11.7. The molecule has 1 saturated heterocycles. The first-order valence-electron chi connectivity index (χ1n) is 7.15. The molecule has 1 unspecified atom stereocenters. The summed E-state index contributed by atoms with van der Waals surface area (Å²) in [4.78, 5) is 24.7. The second-order valence-corrected chi connectivity index (χ2v) is 5.37. The van der Waals surface area contributed by atoms with Crippen molar-refractivity contribution in [3.05, 3.63) is 48.0 Å². The maximum atomic E-state index is 11.8. The standard InChI is InChI=1S/C17H17NO3/c19-15(11-18-16(20)6-3-7-17(18)21)14-9-8-12-4-1-2-5-13(12)10-14/h1-2,4-5,8-10,15,19H,3,6-7,11H2. The molecule has 1 aliphatic rings. The Balaban J connectivity index is 1.81. The maximum Gasteiger partial charge on any atom is 0.229 e. The van der Waals surface area contributed by atoms with Gasteiger partial charge in [-0.25, -0.2) is 0 Å². The molecule has 4 nitrogen and oxygen atoms in total. The van der Waals surface area contributed by atoms with Crippen molar-refractivity contribution in [2.45, 2.75) is 25.4 Å². The monoisotopic (exact) mass is 283 g/mol. The van der Waals surface area contributed by atoms with E-state index in [4.69, 9.17) is 0 Å². The van der Waals surface area contributed by atoms with E-state index < -0.39 is 6.10 Å². The molecule has 0 spiro atoms. The molecule has 1 fully saturated rings. The van der Waals surface area contributed by atoms with Gasteiger partial charge in [0.1, 0.15) is 0 Å². The molecule has 0 bridgehead atoms. The zero-order valence-corrected chi connectivity index (χ0v) is 11.7. The van der Waals surface area contributed by atoms with Gasteiger partial charge < -0.3 is 5.11 Å². The highest BCUT2D eigenvalue weighted by Crippen LogP contribution is 2.23. The highest BCUT2D eigenvalue weighted by Gasteiger charge is 2.28. The van der Waals surface area contributed by atoms with Crippen molar-refractivity contribution in [3.63, 3.8) is 0 Å². The van der Waals surface area contributed by atoms with Crippen LogP contribution in [0.5, 0.6) is 0 Å². The van der Waals surface area contributed by atoms with Gasteiger partial charge >= 0.3 is 0 Å². The third-order valence-corrected chi connectivity index (χ3v) is 3.90. The number of amides is 2. The molecule has 21 heavy (non-hydrogen) atoms. The lowest BCUT2D eigenvalue weighted by atomic mass is 10.0. The van der Waals surface area contributed by atoms with Crippen LogP contribution in [0.4, 0.5) is 0 Å². The molecule has 2 aromatic rings. The van der Waals surface area contributed by atoms with Gasteiger partial charge in [-0.2, -0.15) is 0 Å². The Bertz CT molecular complexity index is 679. The number of piperidine rings is 1. The third kappa shape index (κ3) is 2.81. The number of rotatable bonds is 3. The van der Waals surface area contributed by atoms with E-state index in [9.17, 15) is 14.7 Å². The Morgan fingerprint density at radius 1 is 1.00 bits per heavy atom. The molecule has 1 atom stereocenters. The quantitative estimate of drug-likeness (QED) is 0.880. The second kappa shape index (κ2) is 5.66. The van der Waals surface area contributed by atoms with Crippen molar-refractivity contribution < 1.29 is 14.7 Å². The van der Waals surface area contributed by atoms with E-state index in [1.807, 2.05) is 42.5 Å². The maximum absolute atomic E-state index is 11.8. The summed E-state index contributed by atoms with van der Waals surface area (Å²) in [6, 6.07) is 13.6. The predicted molar refractivity (Wildman–Crippen MR) is 79.5 cm³/mol. The summed E-state index contributed by atoms with van der Waals surface area (Å²) in [6.45, 7) is 0.0377. The SMILES string of the molecule is O=C1CCCC(=O)N1CC(O)c1ccc2ccccc2c1. The molecule has 1 heterocycles. The number of likely N-dealkylation sites (tertiary alicyclic amines) is 1. The van der Waals surface area contributed by atoms with Crippen molar-refractivity contribution in [1.82, 2.24) is 4.90 Å². The van der Waals surface area contributed by atoms with E-state index in [1.54, 1.807) is 0 Å². The molecule has 2 aromatic carbocycles. The summed E-state index contributed by atoms with van der Waals surface area (Å²) in [6.07, 6.45) is 0.535. The summed E-state index contributed by atoms with van der Waals surface area (Å²) in [7, 11) is 0. The molecule has 108 valence electrons. The van der Waals surface area contributed by atoms with Crippen molar-refractivity contribution in [2.24, 2.45) is 0 Å². The minimum Gasteiger partial charge on any atom is -0.387 e. The number of aliphatic hydroxyl groups is 1. The highest BCUT2D eigenvalue weighted by atomic mass is 16.3. The van der Waals surface area contributed by atoms with E-state index >= 15 is 0 Å². The summed E-state index contributed by atoms with van der Waals surface area (Å²) >= 11 is 0. The minimum absolute atomic E-state index is 0.0377. The fourth-order valence-corrected chi connectivity index (χ4v) is 2.70. The molecule has 0 radical (unpaired) electrons. The Kier molecular flexibility index (Phi) is 3.71. The van der Waals surface area contributed by atoms with Gasteiger partial charge in [0.15, 0.2) is 0 Å². The summed E-state index contributed by atoms with van der Waals surface area (Å²) in [5, 5.41) is 12.5. The fourth-order valence-electron chi connectivity index (χ4n) is 2.70. The highest BCUT2D eigenvalue weighted by molar-refractivity contribution is 5.97. The molecular weight excluding hydrogens is 266 g/mol. The number of benzene rings is 2. The Morgan fingerprint density at radius 3 is 2.38 bits per heavy atom. The first-order valence-corrected chi connectivity index (χ1v) is 7.15. The van der Waals surface area contributed by atoms with Crippen molar-refractivity contribution in [1.29, 1.82) is 0 Å². The van der Waals surface area contributed by atoms with Gasteiger partial charge in [0, 0.05) is 12.8 Å². The predicted octanol–water partition coefficient (Wildman–Crippen LogP) is 2.41. The zero-order chi connectivity index (χ0) is 14.8. The lowest BCUT2D eigenvalue weighted by molar-refractivity contribution is -0.149. The minimum atomic E-state index is -0.847. The van der Waals surface area contributed by atoms with Crippen molar-refractivity contribution >= 4 is 22.6 Å². The van der Waals surface area contributed by atoms with Gasteiger partial charge in [0.05, 0.1) is 12.6 Å². The van der Waals surface area contributed by atoms with Crippen molar-refractivity contribution in [2.75, 3.05) is 6.54 Å². The van der Waals surface area contributed by atoms with Gasteiger partial charge in [-0.15, -0.1) is 0 Å². The van der Waals surface area contributed by atoms with Gasteiger partial charge in [-0.05, 0) is 28.8 Å². The molecule has 1 aliphatic heterocycles. The van der Waals surface area contributed by atoms with Crippen LogP contribution in [0.25, 0.3) is 10.8 Å². The van der Waals surface area contributed by atoms with Crippen LogP contribution >= 0.6 is 0 Å². The summed E-state index contributed by atoms with van der Waals surface area (Å²) < 4.78 is 0. The average Bonchev–Trinajstić information content (AvgIpc) is 2.50. The topological polar surface area (TPSA) is 57.6 Å². The van der Waals surface area contributed by atoms with E-state index in [2.05, 4.69) is 0 Å². The number of β-amino-alcohol motifs (C(OH)–C–C–N with tert-alkyl or cyclic N) is 1. The van der Waals surface area contributed by atoms with E-state index in [0.29, 0.717) is 19.3 Å². The van der Waals surface area contributed by atoms with Crippen LogP contribution in [0.1, 0.15) is 30.9 Å².